The van der Waals surface area contributed by atoms with Crippen molar-refractivity contribution in [3.05, 3.63) is 41.7 Å². The number of benzene rings is 1. The predicted octanol–water partition coefficient (Wildman–Crippen LogP) is 0.526. The molecule has 0 N–H and O–H groups in total. The molecule has 0 bridgehead atoms. The molecule has 11 heteroatoms. The zero-order valence-electron chi connectivity index (χ0n) is 17.1. The van der Waals surface area contributed by atoms with Gasteiger partial charge in [-0.25, -0.2) is 12.8 Å². The Labute approximate surface area is 174 Å². The number of hydrogen-bond acceptors (Lipinski definition) is 6. The molecule has 2 aliphatic rings. The first-order valence-corrected chi connectivity index (χ1v) is 11.0. The molecule has 1 amide bonds. The van der Waals surface area contributed by atoms with Gasteiger partial charge in [0.05, 0.1) is 4.90 Å². The van der Waals surface area contributed by atoms with E-state index in [4.69, 9.17) is 4.74 Å². The summed E-state index contributed by atoms with van der Waals surface area (Å²) in [4.78, 5) is 14.2. The third kappa shape index (κ3) is 3.30. The van der Waals surface area contributed by atoms with Crippen LogP contribution in [0, 0.1) is 18.2 Å². The lowest BCUT2D eigenvalue weighted by atomic mass is 9.72. The molecule has 1 atom stereocenters. The SMILES string of the molecule is COCC(=O)N1CC(c2nncn2C)C2(C1)CN(S(=O)(=O)c1ccc(F)c(C)c1)C2. The Hall–Kier alpha value is -2.37. The number of carbonyl (C=O) groups is 1. The number of sulfonamides is 1. The number of methoxy groups -OCH3 is 1. The third-order valence-electron chi connectivity index (χ3n) is 6.08. The zero-order chi connectivity index (χ0) is 21.7. The van der Waals surface area contributed by atoms with Gasteiger partial charge in [0.2, 0.25) is 15.9 Å². The zero-order valence-corrected chi connectivity index (χ0v) is 17.9. The van der Waals surface area contributed by atoms with Gasteiger partial charge in [0, 0.05) is 51.7 Å². The van der Waals surface area contributed by atoms with Gasteiger partial charge in [0.15, 0.2) is 0 Å². The van der Waals surface area contributed by atoms with E-state index >= 15 is 0 Å². The minimum absolute atomic E-state index is 0.0293. The highest BCUT2D eigenvalue weighted by Crippen LogP contribution is 2.50. The summed E-state index contributed by atoms with van der Waals surface area (Å²) in [6.45, 7) is 2.85. The van der Waals surface area contributed by atoms with E-state index in [1.807, 2.05) is 7.05 Å². The number of amides is 1. The molecule has 162 valence electrons. The maximum atomic E-state index is 13.6. The smallest absolute Gasteiger partial charge is 0.248 e. The van der Waals surface area contributed by atoms with Crippen LogP contribution in [0.25, 0.3) is 0 Å². The second-order valence-corrected chi connectivity index (χ2v) is 10.0. The highest BCUT2D eigenvalue weighted by Gasteiger charge is 2.59. The van der Waals surface area contributed by atoms with Crippen molar-refractivity contribution in [1.29, 1.82) is 0 Å². The van der Waals surface area contributed by atoms with Crippen LogP contribution in [0.3, 0.4) is 0 Å². The van der Waals surface area contributed by atoms with Gasteiger partial charge < -0.3 is 14.2 Å². The summed E-state index contributed by atoms with van der Waals surface area (Å²) in [5.74, 6) is -0.0129. The highest BCUT2D eigenvalue weighted by atomic mass is 32.2. The Morgan fingerprint density at radius 3 is 2.67 bits per heavy atom. The standard InChI is InChI=1S/C19H24FN5O4S/c1-13-6-14(4-5-16(13)20)30(27,28)25-10-19(11-25)9-24(17(26)8-29-3)7-15(19)18-22-21-12-23(18)2/h4-6,12,15H,7-11H2,1-3H3. The fraction of sp³-hybridized carbons (Fsp3) is 0.526. The number of halogens is 1. The number of likely N-dealkylation sites (tertiary alicyclic amines) is 1. The van der Waals surface area contributed by atoms with E-state index in [9.17, 15) is 17.6 Å². The Balaban J connectivity index is 1.60. The van der Waals surface area contributed by atoms with Gasteiger partial charge in [-0.1, -0.05) is 0 Å². The van der Waals surface area contributed by atoms with Gasteiger partial charge in [-0.05, 0) is 30.7 Å². The molecule has 2 fully saturated rings. The van der Waals surface area contributed by atoms with Crippen molar-refractivity contribution < 1.29 is 22.3 Å². The molecule has 0 saturated carbocycles. The molecule has 9 nitrogen and oxygen atoms in total. The van der Waals surface area contributed by atoms with Crippen LogP contribution in [-0.4, -0.2) is 78.2 Å². The van der Waals surface area contributed by atoms with Crippen LogP contribution in [0.1, 0.15) is 17.3 Å². The van der Waals surface area contributed by atoms with Crippen LogP contribution in [-0.2, 0) is 26.6 Å². The predicted molar refractivity (Wildman–Crippen MR) is 105 cm³/mol. The van der Waals surface area contributed by atoms with E-state index in [-0.39, 0.29) is 42.0 Å². The van der Waals surface area contributed by atoms with Crippen molar-refractivity contribution in [2.45, 2.75) is 17.7 Å². The average molecular weight is 437 g/mol. The van der Waals surface area contributed by atoms with Crippen molar-refractivity contribution in [2.24, 2.45) is 12.5 Å². The van der Waals surface area contributed by atoms with E-state index in [1.165, 1.54) is 36.5 Å². The number of ether oxygens (including phenoxy) is 1. The number of carbonyl (C=O) groups excluding carboxylic acids is 1. The molecule has 2 saturated heterocycles. The molecule has 1 aromatic carbocycles. The molecule has 0 aliphatic carbocycles. The van der Waals surface area contributed by atoms with Gasteiger partial charge in [-0.15, -0.1) is 10.2 Å². The topological polar surface area (TPSA) is 97.6 Å². The van der Waals surface area contributed by atoms with Crippen LogP contribution >= 0.6 is 0 Å². The maximum absolute atomic E-state index is 13.6. The van der Waals surface area contributed by atoms with Crippen LogP contribution in [0.5, 0.6) is 0 Å². The van der Waals surface area contributed by atoms with Crippen LogP contribution in [0.15, 0.2) is 29.4 Å². The molecule has 1 unspecified atom stereocenters. The lowest BCUT2D eigenvalue weighted by Gasteiger charge is -2.49. The Kier molecular flexibility index (Phi) is 5.15. The molecule has 1 spiro atoms. The molecule has 1 aromatic heterocycles. The highest BCUT2D eigenvalue weighted by molar-refractivity contribution is 7.89. The second-order valence-electron chi connectivity index (χ2n) is 8.11. The minimum Gasteiger partial charge on any atom is -0.375 e. The van der Waals surface area contributed by atoms with E-state index in [0.29, 0.717) is 13.1 Å². The second kappa shape index (κ2) is 7.40. The molecular formula is C19H24FN5O4S. The molecular weight excluding hydrogens is 413 g/mol. The molecule has 4 rings (SSSR count). The van der Waals surface area contributed by atoms with E-state index in [0.717, 1.165) is 5.82 Å². The quantitative estimate of drug-likeness (QED) is 0.677. The van der Waals surface area contributed by atoms with Gasteiger partial charge in [0.25, 0.3) is 0 Å². The Bertz CT molecular complexity index is 1080. The lowest BCUT2D eigenvalue weighted by Crippen LogP contribution is -2.61. The van der Waals surface area contributed by atoms with Crippen LogP contribution in [0.4, 0.5) is 4.39 Å². The van der Waals surface area contributed by atoms with Crippen molar-refractivity contribution in [2.75, 3.05) is 39.9 Å². The van der Waals surface area contributed by atoms with E-state index < -0.39 is 21.3 Å². The first-order chi connectivity index (χ1) is 14.2. The summed E-state index contributed by atoms with van der Waals surface area (Å²) < 4.78 is 47.9. The Morgan fingerprint density at radius 1 is 1.33 bits per heavy atom. The molecule has 2 aliphatic heterocycles. The van der Waals surface area contributed by atoms with Crippen molar-refractivity contribution in [1.82, 2.24) is 24.0 Å². The Morgan fingerprint density at radius 2 is 2.07 bits per heavy atom. The normalized spacial score (nSPS) is 21.2. The maximum Gasteiger partial charge on any atom is 0.248 e. The average Bonchev–Trinajstić information content (AvgIpc) is 3.26. The molecule has 3 heterocycles. The molecule has 0 radical (unpaired) electrons. The monoisotopic (exact) mass is 437 g/mol. The van der Waals surface area contributed by atoms with Crippen LogP contribution < -0.4 is 0 Å². The fourth-order valence-corrected chi connectivity index (χ4v) is 6.13. The fourth-order valence-electron chi connectivity index (χ4n) is 4.41. The number of aromatic nitrogens is 3. The van der Waals surface area contributed by atoms with Crippen molar-refractivity contribution in [3.63, 3.8) is 0 Å². The van der Waals surface area contributed by atoms with Gasteiger partial charge >= 0.3 is 0 Å². The van der Waals surface area contributed by atoms with Crippen molar-refractivity contribution >= 4 is 15.9 Å². The third-order valence-corrected chi connectivity index (χ3v) is 7.86. The largest absolute Gasteiger partial charge is 0.375 e. The molecule has 30 heavy (non-hydrogen) atoms. The summed E-state index contributed by atoms with van der Waals surface area (Å²) in [5, 5.41) is 8.16. The summed E-state index contributed by atoms with van der Waals surface area (Å²) in [6, 6.07) is 3.80. The van der Waals surface area contributed by atoms with Gasteiger partial charge in [0.1, 0.15) is 24.6 Å². The lowest BCUT2D eigenvalue weighted by molar-refractivity contribution is -0.134. The van der Waals surface area contributed by atoms with Gasteiger partial charge in [-0.2, -0.15) is 4.31 Å². The summed E-state index contributed by atoms with van der Waals surface area (Å²) in [7, 11) is -0.465. The van der Waals surface area contributed by atoms with Crippen molar-refractivity contribution in [3.8, 4) is 0 Å². The molecule has 2 aromatic rings. The van der Waals surface area contributed by atoms with E-state index in [1.54, 1.807) is 15.8 Å². The van der Waals surface area contributed by atoms with Crippen LogP contribution in [0.2, 0.25) is 0 Å². The summed E-state index contributed by atoms with van der Waals surface area (Å²) >= 11 is 0. The first kappa shape index (κ1) is 20.9. The summed E-state index contributed by atoms with van der Waals surface area (Å²) in [6.07, 6.45) is 1.59. The number of rotatable bonds is 5. The number of nitrogens with zero attached hydrogens (tertiary/aromatic N) is 5. The number of aryl methyl sites for hydroxylation is 2. The minimum atomic E-state index is -3.76. The van der Waals surface area contributed by atoms with E-state index in [2.05, 4.69) is 10.2 Å². The van der Waals surface area contributed by atoms with Gasteiger partial charge in [-0.3, -0.25) is 4.79 Å². The summed E-state index contributed by atoms with van der Waals surface area (Å²) in [5.41, 5.74) is -0.174. The first-order valence-electron chi connectivity index (χ1n) is 9.55. The number of hydrogen-bond donors (Lipinski definition) is 0.